The number of aromatic hydroxyl groups is 1. The molecule has 0 bridgehead atoms. The number of hydrogen-bond donors (Lipinski definition) is 1. The minimum absolute atomic E-state index is 0.121. The van der Waals surface area contributed by atoms with Crippen LogP contribution in [0.15, 0.2) is 109 Å². The van der Waals surface area contributed by atoms with Crippen LogP contribution in [0.1, 0.15) is 137 Å². The standard InChI is InChI=1S/C57H67N3O/c1-35-24-25-58-47(26-35)38-27-37(28-40(29-38)54(5,6)7)44-30-42(56(11,12)13)34-49-50(44)59-52(45-31-41(55(8,9)10)32-46(51(45)61)57(14,15)16)60(49)48-33-39(53(2,3)4)22-23-43(48)36-20-18-17-19-21-36/h17-34,61H,1-16H3. The Hall–Kier alpha value is -5.48. The average Bonchev–Trinajstić information content (AvgIpc) is 3.55. The van der Waals surface area contributed by atoms with Crippen LogP contribution in [-0.4, -0.2) is 19.6 Å². The van der Waals surface area contributed by atoms with Gasteiger partial charge in [0.2, 0.25) is 0 Å². The largest absolute Gasteiger partial charge is 0.507 e. The lowest BCUT2D eigenvalue weighted by atomic mass is 9.79. The SMILES string of the molecule is Cc1ccnc(-c2cc(-c3cc(C(C)(C)C)cc4c3nc(-c3cc(C(C)(C)C)cc(C(C)(C)C)c3O)n4-c3cc(C(C)(C)C)ccc3-c3ccccc3)cc(C(C)(C)C)c2)c1. The molecule has 0 aliphatic carbocycles. The zero-order valence-corrected chi connectivity index (χ0v) is 39.7. The van der Waals surface area contributed by atoms with E-state index in [0.29, 0.717) is 5.82 Å². The van der Waals surface area contributed by atoms with E-state index in [2.05, 4.69) is 218 Å². The smallest absolute Gasteiger partial charge is 0.149 e. The number of benzene rings is 5. The molecule has 0 aliphatic heterocycles. The minimum atomic E-state index is -0.323. The fourth-order valence-electron chi connectivity index (χ4n) is 8.17. The number of fused-ring (bicyclic) bond motifs is 1. The highest BCUT2D eigenvalue weighted by Gasteiger charge is 2.31. The predicted octanol–water partition coefficient (Wildman–Crippen LogP) is 15.6. The van der Waals surface area contributed by atoms with Crippen LogP contribution < -0.4 is 0 Å². The second kappa shape index (κ2) is 15.2. The first-order chi connectivity index (χ1) is 28.2. The van der Waals surface area contributed by atoms with Gasteiger partial charge in [-0.25, -0.2) is 4.98 Å². The normalized spacial score (nSPS) is 13.0. The number of nitrogens with zero attached hydrogens (tertiary/aromatic N) is 3. The molecule has 2 heterocycles. The highest BCUT2D eigenvalue weighted by atomic mass is 16.3. The van der Waals surface area contributed by atoms with E-state index in [1.807, 2.05) is 6.20 Å². The Bertz CT molecular complexity index is 2770. The van der Waals surface area contributed by atoms with Crippen LogP contribution in [-0.2, 0) is 27.1 Å². The topological polar surface area (TPSA) is 50.9 Å². The molecule has 61 heavy (non-hydrogen) atoms. The maximum Gasteiger partial charge on any atom is 0.149 e. The number of imidazole rings is 1. The molecule has 5 aromatic carbocycles. The monoisotopic (exact) mass is 810 g/mol. The molecular weight excluding hydrogens is 743 g/mol. The molecule has 4 heteroatoms. The van der Waals surface area contributed by atoms with Crippen molar-refractivity contribution in [2.24, 2.45) is 0 Å². The average molecular weight is 810 g/mol. The van der Waals surface area contributed by atoms with Gasteiger partial charge in [0.25, 0.3) is 0 Å². The molecule has 0 unspecified atom stereocenters. The second-order valence-corrected chi connectivity index (χ2v) is 22.4. The molecular formula is C57H67N3O. The van der Waals surface area contributed by atoms with Crippen molar-refractivity contribution in [1.29, 1.82) is 0 Å². The van der Waals surface area contributed by atoms with Gasteiger partial charge >= 0.3 is 0 Å². The summed E-state index contributed by atoms with van der Waals surface area (Å²) in [6, 6.07) is 37.8. The Morgan fingerprint density at radius 1 is 0.475 bits per heavy atom. The van der Waals surface area contributed by atoms with Crippen LogP contribution in [0.2, 0.25) is 0 Å². The first kappa shape index (κ1) is 43.6. The summed E-state index contributed by atoms with van der Waals surface area (Å²) in [5.41, 5.74) is 16.0. The lowest BCUT2D eigenvalue weighted by Gasteiger charge is -2.28. The molecule has 2 aromatic heterocycles. The fourth-order valence-corrected chi connectivity index (χ4v) is 8.17. The zero-order chi connectivity index (χ0) is 44.6. The van der Waals surface area contributed by atoms with E-state index in [1.165, 1.54) is 22.3 Å². The quantitative estimate of drug-likeness (QED) is 0.188. The highest BCUT2D eigenvalue weighted by molar-refractivity contribution is 5.98. The first-order valence-corrected chi connectivity index (χ1v) is 22.0. The molecule has 0 amide bonds. The van der Waals surface area contributed by atoms with E-state index in [9.17, 15) is 5.11 Å². The summed E-state index contributed by atoms with van der Waals surface area (Å²) in [4.78, 5) is 10.7. The number of phenolic OH excluding ortho intramolecular Hbond substituents is 1. The van der Waals surface area contributed by atoms with Gasteiger partial charge < -0.3 is 5.11 Å². The van der Waals surface area contributed by atoms with Crippen molar-refractivity contribution in [3.05, 3.63) is 143 Å². The number of rotatable bonds is 5. The van der Waals surface area contributed by atoms with Crippen LogP contribution in [0, 0.1) is 6.92 Å². The van der Waals surface area contributed by atoms with Gasteiger partial charge in [0.05, 0.1) is 28.0 Å². The molecule has 0 saturated heterocycles. The zero-order valence-electron chi connectivity index (χ0n) is 39.7. The number of hydrogen-bond acceptors (Lipinski definition) is 3. The van der Waals surface area contributed by atoms with Crippen molar-refractivity contribution in [3.8, 4) is 56.3 Å². The predicted molar refractivity (Wildman–Crippen MR) is 261 cm³/mol. The van der Waals surface area contributed by atoms with E-state index in [1.54, 1.807) is 0 Å². The van der Waals surface area contributed by atoms with Crippen molar-refractivity contribution >= 4 is 11.0 Å². The van der Waals surface area contributed by atoms with Crippen molar-refractivity contribution < 1.29 is 5.11 Å². The number of phenols is 1. The van der Waals surface area contributed by atoms with Gasteiger partial charge in [-0.2, -0.15) is 0 Å². The van der Waals surface area contributed by atoms with E-state index in [0.717, 1.165) is 66.9 Å². The van der Waals surface area contributed by atoms with Gasteiger partial charge in [0, 0.05) is 28.5 Å². The van der Waals surface area contributed by atoms with E-state index in [4.69, 9.17) is 9.97 Å². The molecule has 0 saturated carbocycles. The number of aromatic nitrogens is 3. The number of aryl methyl sites for hydroxylation is 1. The molecule has 0 radical (unpaired) electrons. The van der Waals surface area contributed by atoms with Gasteiger partial charge in [-0.1, -0.05) is 158 Å². The van der Waals surface area contributed by atoms with Crippen molar-refractivity contribution in [3.63, 3.8) is 0 Å². The maximum atomic E-state index is 12.7. The summed E-state index contributed by atoms with van der Waals surface area (Å²) in [6.07, 6.45) is 1.90. The van der Waals surface area contributed by atoms with Crippen LogP contribution >= 0.6 is 0 Å². The lowest BCUT2D eigenvalue weighted by Crippen LogP contribution is -2.17. The van der Waals surface area contributed by atoms with Crippen LogP contribution in [0.3, 0.4) is 0 Å². The summed E-state index contributed by atoms with van der Waals surface area (Å²) >= 11 is 0. The van der Waals surface area contributed by atoms with Gasteiger partial charge in [-0.05, 0) is 121 Å². The van der Waals surface area contributed by atoms with Crippen molar-refractivity contribution in [2.45, 2.75) is 138 Å². The van der Waals surface area contributed by atoms with Gasteiger partial charge in [0.1, 0.15) is 11.6 Å². The molecule has 0 atom stereocenters. The van der Waals surface area contributed by atoms with E-state index >= 15 is 0 Å². The number of pyridine rings is 1. The van der Waals surface area contributed by atoms with Gasteiger partial charge in [-0.3, -0.25) is 9.55 Å². The summed E-state index contributed by atoms with van der Waals surface area (Å²) in [5.74, 6) is 0.984. The first-order valence-electron chi connectivity index (χ1n) is 22.0. The van der Waals surface area contributed by atoms with Crippen molar-refractivity contribution in [2.75, 3.05) is 0 Å². The Morgan fingerprint density at radius 3 is 1.64 bits per heavy atom. The molecule has 1 N–H and O–H groups in total. The second-order valence-electron chi connectivity index (χ2n) is 22.4. The third-order valence-corrected chi connectivity index (χ3v) is 12.2. The van der Waals surface area contributed by atoms with E-state index < -0.39 is 0 Å². The van der Waals surface area contributed by atoms with Crippen molar-refractivity contribution in [1.82, 2.24) is 14.5 Å². The summed E-state index contributed by atoms with van der Waals surface area (Å²) < 4.78 is 2.36. The maximum absolute atomic E-state index is 12.7. The molecule has 316 valence electrons. The van der Waals surface area contributed by atoms with E-state index in [-0.39, 0.29) is 32.8 Å². The molecule has 7 aromatic rings. The minimum Gasteiger partial charge on any atom is -0.507 e. The third kappa shape index (κ3) is 8.69. The Kier molecular flexibility index (Phi) is 10.8. The Balaban J connectivity index is 1.73. The molecule has 4 nitrogen and oxygen atoms in total. The molecule has 0 spiro atoms. The molecule has 0 aliphatic rings. The van der Waals surface area contributed by atoms with Gasteiger partial charge in [-0.15, -0.1) is 0 Å². The van der Waals surface area contributed by atoms with Crippen LogP contribution in [0.25, 0.3) is 61.6 Å². The van der Waals surface area contributed by atoms with Crippen LogP contribution in [0.5, 0.6) is 5.75 Å². The summed E-state index contributed by atoms with van der Waals surface area (Å²) in [5, 5.41) is 12.7. The Labute approximate surface area is 366 Å². The lowest BCUT2D eigenvalue weighted by molar-refractivity contribution is 0.446. The summed E-state index contributed by atoms with van der Waals surface area (Å²) in [6.45, 7) is 35.9. The molecule has 7 rings (SSSR count). The summed E-state index contributed by atoms with van der Waals surface area (Å²) in [7, 11) is 0. The highest BCUT2D eigenvalue weighted by Crippen LogP contribution is 2.47. The van der Waals surface area contributed by atoms with Crippen LogP contribution in [0.4, 0.5) is 0 Å². The van der Waals surface area contributed by atoms with Gasteiger partial charge in [0.15, 0.2) is 0 Å². The molecule has 0 fully saturated rings. The third-order valence-electron chi connectivity index (χ3n) is 12.2. The Morgan fingerprint density at radius 2 is 1.05 bits per heavy atom. The fraction of sp³-hybridized carbons (Fsp3) is 0.368.